The summed E-state index contributed by atoms with van der Waals surface area (Å²) in [6.45, 7) is 1.83. The van der Waals surface area contributed by atoms with Gasteiger partial charge in [0.1, 0.15) is 5.39 Å². The van der Waals surface area contributed by atoms with Gasteiger partial charge in [-0.1, -0.05) is 0 Å². The fourth-order valence-electron chi connectivity index (χ4n) is 4.50. The highest BCUT2D eigenvalue weighted by Crippen LogP contribution is 2.45. The number of nitrogens with one attached hydrogen (secondary N) is 1. The van der Waals surface area contributed by atoms with Crippen molar-refractivity contribution in [1.82, 2.24) is 9.55 Å². The van der Waals surface area contributed by atoms with Gasteiger partial charge in [0.05, 0.1) is 5.52 Å². The van der Waals surface area contributed by atoms with Crippen molar-refractivity contribution in [3.05, 3.63) is 48.7 Å². The Morgan fingerprint density at radius 2 is 2.07 bits per heavy atom. The van der Waals surface area contributed by atoms with Gasteiger partial charge in [-0.25, -0.2) is 9.18 Å². The zero-order chi connectivity index (χ0) is 20.4. The predicted octanol–water partition coefficient (Wildman–Crippen LogP) is 3.00. The normalized spacial score (nSPS) is 18.9. The van der Waals surface area contributed by atoms with Crippen molar-refractivity contribution >= 4 is 22.2 Å². The third-order valence-electron chi connectivity index (χ3n) is 6.14. The fraction of sp³-hybridized carbons (Fsp3) is 0.429. The van der Waals surface area contributed by atoms with E-state index in [2.05, 4.69) is 4.98 Å². The lowest BCUT2D eigenvalue weighted by atomic mass is 9.89. The Bertz CT molecular complexity index is 1270. The molecule has 6 nitrogen and oxygen atoms in total. The standard InChI is InChI=1S/C21H21FN2O4S/c1-9-15(14-7-11-6-10(8-25)2-5-13(11)29-14)17(22)19(26)16-18(9)24(12-3-4-12)21(28)23-20(16)27/h7,10,12,25-26H,2-6,8H2,1H3,(H,23,27,28). The molecule has 8 heteroatoms. The van der Waals surface area contributed by atoms with Crippen molar-refractivity contribution in [2.24, 2.45) is 5.92 Å². The first kappa shape index (κ1) is 18.6. The number of thiophene rings is 1. The monoisotopic (exact) mass is 416 g/mol. The molecule has 2 aliphatic carbocycles. The Balaban J connectivity index is 1.80. The molecule has 29 heavy (non-hydrogen) atoms. The number of aryl methyl sites for hydroxylation is 2. The van der Waals surface area contributed by atoms with Crippen LogP contribution in [0.1, 0.15) is 41.3 Å². The number of rotatable bonds is 3. The van der Waals surface area contributed by atoms with Gasteiger partial charge in [-0.3, -0.25) is 14.3 Å². The summed E-state index contributed by atoms with van der Waals surface area (Å²) in [5.74, 6) is -1.34. The number of aromatic hydroxyl groups is 1. The lowest BCUT2D eigenvalue weighted by Gasteiger charge is -2.19. The van der Waals surface area contributed by atoms with E-state index >= 15 is 4.39 Å². The van der Waals surface area contributed by atoms with E-state index in [4.69, 9.17) is 0 Å². The molecule has 0 radical (unpaired) electrons. The number of phenolic OH excluding ortho intramolecular Hbond substituents is 1. The molecule has 0 bridgehead atoms. The van der Waals surface area contributed by atoms with Crippen molar-refractivity contribution in [3.63, 3.8) is 0 Å². The maximum atomic E-state index is 15.3. The molecule has 1 unspecified atom stereocenters. The largest absolute Gasteiger partial charge is 0.504 e. The van der Waals surface area contributed by atoms with Gasteiger partial charge in [-0.05, 0) is 62.1 Å². The Labute approximate surface area is 169 Å². The molecule has 2 heterocycles. The van der Waals surface area contributed by atoms with Crippen LogP contribution in [-0.4, -0.2) is 26.4 Å². The Kier molecular flexibility index (Phi) is 4.18. The average Bonchev–Trinajstić information content (AvgIpc) is 3.43. The molecule has 0 saturated heterocycles. The summed E-state index contributed by atoms with van der Waals surface area (Å²) in [5.41, 5.74) is 0.844. The van der Waals surface area contributed by atoms with E-state index in [0.29, 0.717) is 16.0 Å². The average molecular weight is 416 g/mol. The first-order valence-corrected chi connectivity index (χ1v) is 10.6. The topological polar surface area (TPSA) is 95.3 Å². The van der Waals surface area contributed by atoms with Crippen molar-refractivity contribution in [2.45, 2.75) is 45.1 Å². The second kappa shape index (κ2) is 6.53. The molecule has 3 aromatic rings. The van der Waals surface area contributed by atoms with Crippen LogP contribution in [-0.2, 0) is 12.8 Å². The van der Waals surface area contributed by atoms with E-state index in [-0.39, 0.29) is 29.5 Å². The van der Waals surface area contributed by atoms with Crippen molar-refractivity contribution < 1.29 is 14.6 Å². The summed E-state index contributed by atoms with van der Waals surface area (Å²) in [5, 5.41) is 19.9. The molecule has 1 fully saturated rings. The number of phenols is 1. The third kappa shape index (κ3) is 2.77. The number of halogens is 1. The maximum Gasteiger partial charge on any atom is 0.329 e. The minimum absolute atomic E-state index is 0.0416. The van der Waals surface area contributed by atoms with Gasteiger partial charge in [0.2, 0.25) is 0 Å². The summed E-state index contributed by atoms with van der Waals surface area (Å²) in [7, 11) is 0. The second-order valence-corrected chi connectivity index (χ2v) is 9.23. The third-order valence-corrected chi connectivity index (χ3v) is 7.39. The van der Waals surface area contributed by atoms with Crippen molar-refractivity contribution in [2.75, 3.05) is 6.61 Å². The SMILES string of the molecule is Cc1c(-c2cc3c(s2)CCC(CO)C3)c(F)c(O)c2c(=O)[nH]c(=O)n(C3CC3)c12. The number of aliphatic hydroxyl groups is 1. The van der Waals surface area contributed by atoms with Crippen LogP contribution in [0.2, 0.25) is 0 Å². The van der Waals surface area contributed by atoms with Crippen molar-refractivity contribution in [1.29, 1.82) is 0 Å². The maximum absolute atomic E-state index is 15.3. The first-order chi connectivity index (χ1) is 13.9. The van der Waals surface area contributed by atoms with E-state index in [1.165, 1.54) is 15.9 Å². The zero-order valence-electron chi connectivity index (χ0n) is 15.9. The van der Waals surface area contributed by atoms with Crippen LogP contribution >= 0.6 is 11.3 Å². The highest BCUT2D eigenvalue weighted by atomic mass is 32.1. The highest BCUT2D eigenvalue weighted by Gasteiger charge is 2.31. The van der Waals surface area contributed by atoms with Crippen molar-refractivity contribution in [3.8, 4) is 16.2 Å². The zero-order valence-corrected chi connectivity index (χ0v) is 16.7. The summed E-state index contributed by atoms with van der Waals surface area (Å²) < 4.78 is 16.8. The summed E-state index contributed by atoms with van der Waals surface area (Å²) in [6, 6.07) is 1.88. The second-order valence-electron chi connectivity index (χ2n) is 8.10. The quantitative estimate of drug-likeness (QED) is 0.612. The molecule has 0 amide bonds. The van der Waals surface area contributed by atoms with E-state index in [9.17, 15) is 19.8 Å². The molecular formula is C21H21FN2O4S. The van der Waals surface area contributed by atoms with Crippen LogP contribution in [0.5, 0.6) is 5.75 Å². The van der Waals surface area contributed by atoms with Gasteiger partial charge in [0.25, 0.3) is 5.56 Å². The van der Waals surface area contributed by atoms with Crippen LogP contribution < -0.4 is 11.2 Å². The number of benzene rings is 1. The van der Waals surface area contributed by atoms with Crippen LogP contribution in [0.3, 0.4) is 0 Å². The molecule has 1 atom stereocenters. The van der Waals surface area contributed by atoms with Gasteiger partial charge in [-0.15, -0.1) is 11.3 Å². The number of aromatic nitrogens is 2. The van der Waals surface area contributed by atoms with Gasteiger partial charge in [0, 0.05) is 28.0 Å². The molecule has 2 aromatic heterocycles. The molecule has 152 valence electrons. The number of aliphatic hydroxyl groups excluding tert-OH is 1. The van der Waals surface area contributed by atoms with E-state index in [1.807, 2.05) is 6.07 Å². The molecule has 0 spiro atoms. The van der Waals surface area contributed by atoms with Crippen LogP contribution in [0.25, 0.3) is 21.3 Å². The number of hydrogen-bond donors (Lipinski definition) is 3. The Hall–Kier alpha value is -2.45. The van der Waals surface area contributed by atoms with Gasteiger partial charge >= 0.3 is 5.69 Å². The van der Waals surface area contributed by atoms with E-state index < -0.39 is 22.8 Å². The lowest BCUT2D eigenvalue weighted by Crippen LogP contribution is -2.30. The Morgan fingerprint density at radius 3 is 2.76 bits per heavy atom. The number of hydrogen-bond acceptors (Lipinski definition) is 5. The first-order valence-electron chi connectivity index (χ1n) is 9.83. The van der Waals surface area contributed by atoms with Crippen LogP contribution in [0.15, 0.2) is 15.7 Å². The van der Waals surface area contributed by atoms with E-state index in [0.717, 1.165) is 42.5 Å². The molecule has 3 N–H and O–H groups in total. The Morgan fingerprint density at radius 1 is 1.31 bits per heavy atom. The molecular weight excluding hydrogens is 395 g/mol. The van der Waals surface area contributed by atoms with E-state index in [1.54, 1.807) is 6.92 Å². The van der Waals surface area contributed by atoms with Gasteiger partial charge in [0.15, 0.2) is 11.6 Å². The smallest absolute Gasteiger partial charge is 0.329 e. The summed E-state index contributed by atoms with van der Waals surface area (Å²) >= 11 is 1.48. The summed E-state index contributed by atoms with van der Waals surface area (Å²) in [4.78, 5) is 28.9. The highest BCUT2D eigenvalue weighted by molar-refractivity contribution is 7.15. The fourth-order valence-corrected chi connectivity index (χ4v) is 5.81. The number of fused-ring (bicyclic) bond motifs is 2. The minimum Gasteiger partial charge on any atom is -0.504 e. The number of H-pyrrole nitrogens is 1. The summed E-state index contributed by atoms with van der Waals surface area (Å²) in [6.07, 6.45) is 4.09. The minimum atomic E-state index is -0.834. The molecule has 1 aromatic carbocycles. The number of nitrogens with zero attached hydrogens (tertiary/aromatic N) is 1. The van der Waals surface area contributed by atoms with Gasteiger partial charge < -0.3 is 10.2 Å². The molecule has 5 rings (SSSR count). The van der Waals surface area contributed by atoms with Gasteiger partial charge in [-0.2, -0.15) is 0 Å². The van der Waals surface area contributed by atoms with Crippen LogP contribution in [0.4, 0.5) is 4.39 Å². The molecule has 1 saturated carbocycles. The van der Waals surface area contributed by atoms with Crippen LogP contribution in [0, 0.1) is 18.7 Å². The lowest BCUT2D eigenvalue weighted by molar-refractivity contribution is 0.214. The predicted molar refractivity (Wildman–Crippen MR) is 109 cm³/mol. The molecule has 2 aliphatic rings. The molecule has 0 aliphatic heterocycles. The number of aromatic amines is 1.